The Kier molecular flexibility index (Phi) is 5.15. The molecule has 1 aliphatic rings. The van der Waals surface area contributed by atoms with Gasteiger partial charge in [-0.05, 0) is 48.7 Å². The number of hydrogen-bond donors (Lipinski definition) is 3. The van der Waals surface area contributed by atoms with Crippen LogP contribution >= 0.6 is 0 Å². The van der Waals surface area contributed by atoms with Crippen molar-refractivity contribution >= 4 is 28.9 Å². The minimum atomic E-state index is -0.310. The highest BCUT2D eigenvalue weighted by atomic mass is 16.5. The zero-order valence-corrected chi connectivity index (χ0v) is 16.1. The Bertz CT molecular complexity index is 1020. The van der Waals surface area contributed by atoms with Crippen LogP contribution in [-0.4, -0.2) is 29.5 Å². The molecule has 0 bridgehead atoms. The number of nitrogens with zero attached hydrogens (tertiary/aromatic N) is 3. The summed E-state index contributed by atoms with van der Waals surface area (Å²) >= 11 is 0. The van der Waals surface area contributed by atoms with Gasteiger partial charge in [-0.2, -0.15) is 0 Å². The first-order valence-electron chi connectivity index (χ1n) is 9.33. The number of carbonyl (C=O) groups excluding carboxylic acids is 1. The predicted molar refractivity (Wildman–Crippen MR) is 112 cm³/mol. The number of amides is 1. The van der Waals surface area contributed by atoms with Crippen LogP contribution in [0.25, 0.3) is 0 Å². The van der Waals surface area contributed by atoms with Gasteiger partial charge in [-0.15, -0.1) is 0 Å². The number of ether oxygens (including phenoxy) is 1. The van der Waals surface area contributed by atoms with Crippen molar-refractivity contribution in [3.05, 3.63) is 66.0 Å². The second-order valence-electron chi connectivity index (χ2n) is 6.65. The van der Waals surface area contributed by atoms with Crippen LogP contribution < -0.4 is 26.2 Å². The third-order valence-electron chi connectivity index (χ3n) is 4.88. The topological polar surface area (TPSA) is 105 Å². The van der Waals surface area contributed by atoms with Crippen molar-refractivity contribution in [2.45, 2.75) is 12.8 Å². The maximum Gasteiger partial charge on any atom is 0.269 e. The zero-order chi connectivity index (χ0) is 20.2. The van der Waals surface area contributed by atoms with Gasteiger partial charge in [-0.3, -0.25) is 15.6 Å². The Balaban J connectivity index is 1.52. The molecule has 0 fully saturated rings. The molecule has 0 saturated heterocycles. The summed E-state index contributed by atoms with van der Waals surface area (Å²) in [5.41, 5.74) is 15.0. The lowest BCUT2D eigenvalue weighted by atomic mass is 10.0. The number of rotatable bonds is 5. The molecule has 3 aromatic rings. The van der Waals surface area contributed by atoms with Crippen molar-refractivity contribution < 1.29 is 9.53 Å². The van der Waals surface area contributed by atoms with E-state index in [-0.39, 0.29) is 5.91 Å². The number of nitrogen functional groups attached to an aromatic ring is 1. The van der Waals surface area contributed by atoms with Crippen LogP contribution in [0.5, 0.6) is 5.75 Å². The van der Waals surface area contributed by atoms with Crippen molar-refractivity contribution in [2.24, 2.45) is 0 Å². The highest BCUT2D eigenvalue weighted by Gasteiger charge is 2.22. The smallest absolute Gasteiger partial charge is 0.269 e. The third kappa shape index (κ3) is 3.77. The number of hydrogen-bond acceptors (Lipinski definition) is 7. The fraction of sp³-hybridized carbons (Fsp3) is 0.190. The number of nitrogens with two attached hydrogens (primary N) is 1. The molecule has 1 aliphatic heterocycles. The van der Waals surface area contributed by atoms with Gasteiger partial charge in [-0.1, -0.05) is 18.2 Å². The Labute approximate surface area is 168 Å². The van der Waals surface area contributed by atoms with Crippen molar-refractivity contribution in [3.8, 4) is 5.75 Å². The van der Waals surface area contributed by atoms with Crippen LogP contribution in [0.1, 0.15) is 22.3 Å². The standard InChI is InChI=1S/C21H22N6O2/c1-29-16-10-8-15(9-11-16)21(28)26-25-19-18(22)20(24-13-23-19)27-12-4-6-14-5-2-3-7-17(14)27/h2-3,5,7-11,13H,4,6,12,22H2,1H3,(H,26,28)(H,23,24,25). The van der Waals surface area contributed by atoms with Crippen molar-refractivity contribution in [1.29, 1.82) is 0 Å². The second-order valence-corrected chi connectivity index (χ2v) is 6.65. The molecule has 2 aromatic carbocycles. The van der Waals surface area contributed by atoms with Gasteiger partial charge in [0.2, 0.25) is 0 Å². The van der Waals surface area contributed by atoms with Gasteiger partial charge in [0.15, 0.2) is 11.6 Å². The highest BCUT2D eigenvalue weighted by Crippen LogP contribution is 2.36. The number of fused-ring (bicyclic) bond motifs is 1. The first kappa shape index (κ1) is 18.5. The molecule has 0 atom stereocenters. The number of para-hydroxylation sites is 1. The average Bonchev–Trinajstić information content (AvgIpc) is 2.78. The molecule has 8 heteroatoms. The van der Waals surface area contributed by atoms with Gasteiger partial charge in [0.25, 0.3) is 5.91 Å². The summed E-state index contributed by atoms with van der Waals surface area (Å²) in [6.07, 6.45) is 3.48. The summed E-state index contributed by atoms with van der Waals surface area (Å²) in [6, 6.07) is 15.0. The largest absolute Gasteiger partial charge is 0.497 e. The van der Waals surface area contributed by atoms with Gasteiger partial charge in [0.1, 0.15) is 17.8 Å². The van der Waals surface area contributed by atoms with Gasteiger partial charge >= 0.3 is 0 Å². The summed E-state index contributed by atoms with van der Waals surface area (Å²) in [6.45, 7) is 0.815. The Hall–Kier alpha value is -3.81. The van der Waals surface area contributed by atoms with Gasteiger partial charge in [0, 0.05) is 17.8 Å². The van der Waals surface area contributed by atoms with E-state index >= 15 is 0 Å². The summed E-state index contributed by atoms with van der Waals surface area (Å²) in [7, 11) is 1.58. The fourth-order valence-electron chi connectivity index (χ4n) is 3.39. The molecule has 1 amide bonds. The second kappa shape index (κ2) is 8.05. The zero-order valence-electron chi connectivity index (χ0n) is 16.1. The van der Waals surface area contributed by atoms with Crippen LogP contribution in [0.15, 0.2) is 54.9 Å². The lowest BCUT2D eigenvalue weighted by Crippen LogP contribution is -2.31. The van der Waals surface area contributed by atoms with E-state index in [9.17, 15) is 4.79 Å². The highest BCUT2D eigenvalue weighted by molar-refractivity contribution is 5.95. The van der Waals surface area contributed by atoms with Gasteiger partial charge < -0.3 is 15.4 Å². The van der Waals surface area contributed by atoms with E-state index in [1.165, 1.54) is 11.9 Å². The summed E-state index contributed by atoms with van der Waals surface area (Å²) in [5, 5.41) is 0. The monoisotopic (exact) mass is 390 g/mol. The number of aryl methyl sites for hydroxylation is 1. The molecule has 0 spiro atoms. The number of carbonyl (C=O) groups is 1. The predicted octanol–water partition coefficient (Wildman–Crippen LogP) is 2.91. The molecule has 4 rings (SSSR count). The maximum atomic E-state index is 12.4. The molecule has 0 radical (unpaired) electrons. The van der Waals surface area contributed by atoms with Crippen molar-refractivity contribution in [1.82, 2.24) is 15.4 Å². The molecular weight excluding hydrogens is 368 g/mol. The van der Waals surface area contributed by atoms with Crippen molar-refractivity contribution in [3.63, 3.8) is 0 Å². The summed E-state index contributed by atoms with van der Waals surface area (Å²) < 4.78 is 5.10. The lowest BCUT2D eigenvalue weighted by Gasteiger charge is -2.31. The molecule has 0 saturated carbocycles. The van der Waals surface area contributed by atoms with Gasteiger partial charge in [0.05, 0.1) is 7.11 Å². The maximum absolute atomic E-state index is 12.4. The number of methoxy groups -OCH3 is 1. The number of aromatic nitrogens is 2. The van der Waals surface area contributed by atoms with E-state index < -0.39 is 0 Å². The van der Waals surface area contributed by atoms with E-state index in [1.54, 1.807) is 31.4 Å². The quantitative estimate of drug-likeness (QED) is 0.575. The van der Waals surface area contributed by atoms with E-state index in [4.69, 9.17) is 10.5 Å². The third-order valence-corrected chi connectivity index (χ3v) is 4.88. The molecular formula is C21H22N6O2. The average molecular weight is 390 g/mol. The molecule has 0 aliphatic carbocycles. The van der Waals surface area contributed by atoms with Crippen LogP contribution in [0.3, 0.4) is 0 Å². The fourth-order valence-corrected chi connectivity index (χ4v) is 3.39. The number of anilines is 4. The van der Waals surface area contributed by atoms with E-state index in [2.05, 4.69) is 37.9 Å². The SMILES string of the molecule is COc1ccc(C(=O)NNc2ncnc(N3CCCc4ccccc43)c2N)cc1. The molecule has 0 unspecified atom stereocenters. The molecule has 4 N–H and O–H groups in total. The van der Waals surface area contributed by atoms with Crippen molar-refractivity contribution in [2.75, 3.05) is 29.7 Å². The Morgan fingerprint density at radius 3 is 2.72 bits per heavy atom. The number of nitrogens with one attached hydrogen (secondary N) is 2. The van der Waals surface area contributed by atoms with E-state index in [0.717, 1.165) is 25.1 Å². The molecule has 29 heavy (non-hydrogen) atoms. The van der Waals surface area contributed by atoms with Crippen LogP contribution in [0.2, 0.25) is 0 Å². The molecule has 1 aromatic heterocycles. The van der Waals surface area contributed by atoms with Crippen LogP contribution in [0.4, 0.5) is 23.0 Å². The minimum Gasteiger partial charge on any atom is -0.497 e. The summed E-state index contributed by atoms with van der Waals surface area (Å²) in [4.78, 5) is 23.0. The number of hydrazine groups is 1. The van der Waals surface area contributed by atoms with Gasteiger partial charge in [-0.25, -0.2) is 9.97 Å². The Morgan fingerprint density at radius 2 is 1.93 bits per heavy atom. The normalized spacial score (nSPS) is 12.8. The first-order chi connectivity index (χ1) is 14.2. The Morgan fingerprint density at radius 1 is 1.14 bits per heavy atom. The lowest BCUT2D eigenvalue weighted by molar-refractivity contribution is 0.0962. The first-order valence-corrected chi connectivity index (χ1v) is 9.33. The molecule has 8 nitrogen and oxygen atoms in total. The number of benzene rings is 2. The van der Waals surface area contributed by atoms with E-state index in [0.29, 0.717) is 28.6 Å². The molecule has 2 heterocycles. The van der Waals surface area contributed by atoms with Crippen LogP contribution in [0, 0.1) is 0 Å². The summed E-state index contributed by atoms with van der Waals surface area (Å²) in [5.74, 6) is 1.34. The van der Waals surface area contributed by atoms with Crippen LogP contribution in [-0.2, 0) is 6.42 Å². The van der Waals surface area contributed by atoms with E-state index in [1.807, 2.05) is 12.1 Å². The molecule has 148 valence electrons. The minimum absolute atomic E-state index is 0.310.